The third-order valence-corrected chi connectivity index (χ3v) is 10.3. The fourth-order valence-electron chi connectivity index (χ4n) is 6.38. The Kier molecular flexibility index (Phi) is 7.33. The second kappa shape index (κ2) is 11.3. The predicted molar refractivity (Wildman–Crippen MR) is 175 cm³/mol. The van der Waals surface area contributed by atoms with Gasteiger partial charge in [-0.15, -0.1) is 0 Å². The Morgan fingerprint density at radius 2 is 1.67 bits per heavy atom. The average molecular weight is 599 g/mol. The molecule has 43 heavy (non-hydrogen) atoms. The Bertz CT molecular complexity index is 1780. The lowest BCUT2D eigenvalue weighted by molar-refractivity contribution is 0.0982. The van der Waals surface area contributed by atoms with Crippen LogP contribution in [-0.2, 0) is 4.57 Å². The summed E-state index contributed by atoms with van der Waals surface area (Å²) >= 11 is 0. The highest BCUT2D eigenvalue weighted by Gasteiger charge is 2.27. The number of anilines is 5. The van der Waals surface area contributed by atoms with Crippen LogP contribution in [-0.4, -0.2) is 99.8 Å². The number of fused-ring (bicyclic) bond motifs is 2. The number of rotatable bonds is 7. The number of piperidine rings is 1. The number of piperazine rings is 1. The highest BCUT2D eigenvalue weighted by atomic mass is 31.2. The number of hydrogen-bond donors (Lipinski definition) is 3. The number of nitrogens with one attached hydrogen (secondary N) is 3. The zero-order chi connectivity index (χ0) is 29.6. The molecule has 2 aliphatic heterocycles. The van der Waals surface area contributed by atoms with E-state index in [2.05, 4.69) is 66.6 Å². The first kappa shape index (κ1) is 27.9. The fourth-order valence-corrected chi connectivity index (χ4v) is 7.75. The first-order valence-electron chi connectivity index (χ1n) is 15.0. The Labute approximate surface area is 251 Å². The molecule has 2 aliphatic rings. The van der Waals surface area contributed by atoms with Gasteiger partial charge in [0.2, 0.25) is 5.95 Å². The summed E-state index contributed by atoms with van der Waals surface area (Å²) in [6.07, 6.45) is 9.76. The first-order chi connectivity index (χ1) is 20.8. The molecule has 0 amide bonds. The maximum absolute atomic E-state index is 13.4. The van der Waals surface area contributed by atoms with Crippen LogP contribution >= 0.6 is 7.14 Å². The molecular weight excluding hydrogens is 559 g/mol. The van der Waals surface area contributed by atoms with E-state index >= 15 is 0 Å². The summed E-state index contributed by atoms with van der Waals surface area (Å²) in [6.45, 7) is 10.4. The topological polar surface area (TPSA) is 110 Å². The van der Waals surface area contributed by atoms with Crippen LogP contribution in [0, 0.1) is 0 Å². The highest BCUT2D eigenvalue weighted by molar-refractivity contribution is 7.70. The Morgan fingerprint density at radius 1 is 0.907 bits per heavy atom. The van der Waals surface area contributed by atoms with Gasteiger partial charge in [-0.05, 0) is 69.6 Å². The molecule has 6 heterocycles. The van der Waals surface area contributed by atoms with Gasteiger partial charge in [0.15, 0.2) is 0 Å². The molecule has 0 atom stereocenters. The van der Waals surface area contributed by atoms with Crippen molar-refractivity contribution < 1.29 is 4.57 Å². The molecule has 2 saturated heterocycles. The van der Waals surface area contributed by atoms with Crippen molar-refractivity contribution in [2.45, 2.75) is 18.9 Å². The molecule has 0 saturated carbocycles. The first-order valence-corrected chi connectivity index (χ1v) is 17.6. The molecule has 5 aromatic rings. The van der Waals surface area contributed by atoms with E-state index in [1.807, 2.05) is 35.1 Å². The second-order valence-electron chi connectivity index (χ2n) is 12.1. The largest absolute Gasteiger partial charge is 0.371 e. The number of pyridine rings is 1. The zero-order valence-corrected chi connectivity index (χ0v) is 25.9. The molecule has 1 aromatic carbocycles. The van der Waals surface area contributed by atoms with Crippen LogP contribution in [0.5, 0.6) is 0 Å². The van der Waals surface area contributed by atoms with Crippen molar-refractivity contribution in [3.63, 3.8) is 0 Å². The van der Waals surface area contributed by atoms with E-state index in [-0.39, 0.29) is 0 Å². The minimum Gasteiger partial charge on any atom is -0.371 e. The summed E-state index contributed by atoms with van der Waals surface area (Å²) in [4.78, 5) is 24.8. The van der Waals surface area contributed by atoms with Gasteiger partial charge in [0.05, 0.1) is 16.4 Å². The Balaban J connectivity index is 1.07. The van der Waals surface area contributed by atoms with Crippen molar-refractivity contribution in [1.29, 1.82) is 0 Å². The van der Waals surface area contributed by atoms with E-state index in [4.69, 9.17) is 9.97 Å². The molecule has 0 aliphatic carbocycles. The van der Waals surface area contributed by atoms with Crippen LogP contribution in [0.25, 0.3) is 16.7 Å². The van der Waals surface area contributed by atoms with Gasteiger partial charge in [0.25, 0.3) is 0 Å². The van der Waals surface area contributed by atoms with Gasteiger partial charge in [0.1, 0.15) is 24.3 Å². The van der Waals surface area contributed by atoms with Gasteiger partial charge < -0.3 is 34.4 Å². The normalized spacial score (nSPS) is 17.6. The maximum atomic E-state index is 13.4. The summed E-state index contributed by atoms with van der Waals surface area (Å²) in [6, 6.07) is 13.1. The molecule has 0 spiro atoms. The maximum Gasteiger partial charge on any atom is 0.231 e. The number of aromatic nitrogens is 5. The Hall–Kier alpha value is -3.92. The zero-order valence-electron chi connectivity index (χ0n) is 25.0. The van der Waals surface area contributed by atoms with Crippen LogP contribution in [0.1, 0.15) is 12.8 Å². The van der Waals surface area contributed by atoms with Gasteiger partial charge >= 0.3 is 0 Å². The summed E-state index contributed by atoms with van der Waals surface area (Å²) in [5.74, 6) is 1.09. The van der Waals surface area contributed by atoms with Crippen molar-refractivity contribution >= 4 is 58.0 Å². The highest BCUT2D eigenvalue weighted by Crippen LogP contribution is 2.40. The van der Waals surface area contributed by atoms with E-state index in [1.54, 1.807) is 19.5 Å². The third kappa shape index (κ3) is 5.72. The molecule has 2 fully saturated rings. The van der Waals surface area contributed by atoms with Crippen molar-refractivity contribution in [3.8, 4) is 0 Å². The molecule has 3 N–H and O–H groups in total. The second-order valence-corrected chi connectivity index (χ2v) is 15.2. The van der Waals surface area contributed by atoms with Gasteiger partial charge in [-0.2, -0.15) is 9.97 Å². The molecule has 12 heteroatoms. The molecular formula is C31H39N10OP. The summed E-state index contributed by atoms with van der Waals surface area (Å²) in [5.41, 5.74) is 4.27. The van der Waals surface area contributed by atoms with Gasteiger partial charge in [0, 0.05) is 81.5 Å². The summed E-state index contributed by atoms with van der Waals surface area (Å²) in [5, 5.41) is 8.37. The molecule has 224 valence electrons. The minimum atomic E-state index is -2.67. The number of imidazole rings is 1. The van der Waals surface area contributed by atoms with Gasteiger partial charge in [-0.25, -0.2) is 4.98 Å². The van der Waals surface area contributed by atoms with Crippen molar-refractivity contribution in [2.24, 2.45) is 0 Å². The van der Waals surface area contributed by atoms with Gasteiger partial charge in [-0.1, -0.05) is 0 Å². The minimum absolute atomic E-state index is 0.470. The standard InChI is InChI=1S/C31H39N10OP/c1-38-18-20-40(21-19-38)24-9-14-39(15-10-24)23-6-4-22(5-7-23)34-31-36-28-25(8-12-32-28)29(37-31)35-26-11-16-41-17-13-33-30(41)27(26)43(2,3)42/h4-8,11-13,16-17,24H,9-10,14-15,18-21H2,1-3H3,(H3,32,34,35,36,37). The fraction of sp³-hybridized carbons (Fsp3) is 0.387. The summed E-state index contributed by atoms with van der Waals surface area (Å²) in [7, 11) is -0.450. The van der Waals surface area contributed by atoms with E-state index in [9.17, 15) is 4.57 Å². The van der Waals surface area contributed by atoms with E-state index in [0.29, 0.717) is 34.4 Å². The van der Waals surface area contributed by atoms with Crippen LogP contribution in [0.15, 0.2) is 61.2 Å². The van der Waals surface area contributed by atoms with Crippen LogP contribution in [0.4, 0.5) is 28.8 Å². The molecule has 11 nitrogen and oxygen atoms in total. The van der Waals surface area contributed by atoms with Crippen molar-refractivity contribution in [3.05, 3.63) is 61.2 Å². The number of benzene rings is 1. The lowest BCUT2D eigenvalue weighted by atomic mass is 10.0. The SMILES string of the molecule is CN1CCN(C2CCN(c3ccc(Nc4nc(Nc5ccn6ccnc6c5P(C)(C)=O)c5cc[nH]c5n4)cc3)CC2)CC1. The number of aromatic amines is 1. The molecule has 0 unspecified atom stereocenters. The smallest absolute Gasteiger partial charge is 0.231 e. The average Bonchev–Trinajstić information content (AvgIpc) is 3.67. The van der Waals surface area contributed by atoms with Crippen LogP contribution in [0.2, 0.25) is 0 Å². The summed E-state index contributed by atoms with van der Waals surface area (Å²) < 4.78 is 15.2. The van der Waals surface area contributed by atoms with E-state index < -0.39 is 7.14 Å². The number of hydrogen-bond acceptors (Lipinski definition) is 9. The van der Waals surface area contributed by atoms with E-state index in [0.717, 1.165) is 29.9 Å². The van der Waals surface area contributed by atoms with E-state index in [1.165, 1.54) is 44.7 Å². The van der Waals surface area contributed by atoms with Crippen molar-refractivity contribution in [2.75, 3.05) is 75.2 Å². The predicted octanol–water partition coefficient (Wildman–Crippen LogP) is 4.56. The molecule has 0 radical (unpaired) electrons. The monoisotopic (exact) mass is 598 g/mol. The number of H-pyrrole nitrogens is 1. The van der Waals surface area contributed by atoms with Crippen LogP contribution < -0.4 is 20.8 Å². The Morgan fingerprint density at radius 3 is 2.42 bits per heavy atom. The lowest BCUT2D eigenvalue weighted by Gasteiger charge is -2.42. The van der Waals surface area contributed by atoms with Crippen LogP contribution in [0.3, 0.4) is 0 Å². The third-order valence-electron chi connectivity index (χ3n) is 8.75. The van der Waals surface area contributed by atoms with Crippen molar-refractivity contribution in [1.82, 2.24) is 34.1 Å². The van der Waals surface area contributed by atoms with Gasteiger partial charge in [-0.3, -0.25) is 4.90 Å². The number of likely N-dealkylation sites (N-methyl/N-ethyl adjacent to an activating group) is 1. The quantitative estimate of drug-likeness (QED) is 0.232. The molecule has 4 aromatic heterocycles. The molecule has 7 rings (SSSR count). The molecule has 0 bridgehead atoms. The number of nitrogens with zero attached hydrogens (tertiary/aromatic N) is 7. The lowest BCUT2D eigenvalue weighted by Crippen LogP contribution is -2.52.